The standard InChI is InChI=1S/C10H10BrFO/c1-2-7-3-4-8(5-9(7)12)10(13)6-11/h3-5H,2,6H2,1H3. The summed E-state index contributed by atoms with van der Waals surface area (Å²) in [5.41, 5.74) is 1.07. The molecule has 0 N–H and O–H groups in total. The predicted molar refractivity (Wildman–Crippen MR) is 53.9 cm³/mol. The van der Waals surface area contributed by atoms with E-state index in [4.69, 9.17) is 0 Å². The molecule has 0 spiro atoms. The van der Waals surface area contributed by atoms with Crippen LogP contribution in [0.4, 0.5) is 4.39 Å². The summed E-state index contributed by atoms with van der Waals surface area (Å²) in [7, 11) is 0. The molecular weight excluding hydrogens is 235 g/mol. The Morgan fingerprint density at radius 2 is 2.23 bits per heavy atom. The summed E-state index contributed by atoms with van der Waals surface area (Å²) in [5, 5.41) is 0.234. The van der Waals surface area contributed by atoms with Crippen LogP contribution in [-0.2, 0) is 6.42 Å². The van der Waals surface area contributed by atoms with Crippen LogP contribution in [0.5, 0.6) is 0 Å². The molecule has 0 aliphatic carbocycles. The first-order valence-electron chi connectivity index (χ1n) is 4.06. The SMILES string of the molecule is CCc1ccc(C(=O)CBr)cc1F. The van der Waals surface area contributed by atoms with E-state index in [1.165, 1.54) is 6.07 Å². The third kappa shape index (κ3) is 2.37. The van der Waals surface area contributed by atoms with Gasteiger partial charge < -0.3 is 0 Å². The fourth-order valence-corrected chi connectivity index (χ4v) is 1.41. The van der Waals surface area contributed by atoms with Gasteiger partial charge in [0.15, 0.2) is 5.78 Å². The number of benzene rings is 1. The molecule has 0 bridgehead atoms. The minimum absolute atomic E-state index is 0.0958. The van der Waals surface area contributed by atoms with E-state index in [9.17, 15) is 9.18 Å². The Morgan fingerprint density at radius 3 is 2.69 bits per heavy atom. The van der Waals surface area contributed by atoms with E-state index in [1.807, 2.05) is 6.92 Å². The highest BCUT2D eigenvalue weighted by molar-refractivity contribution is 9.09. The zero-order valence-electron chi connectivity index (χ0n) is 7.31. The molecule has 1 aromatic carbocycles. The molecule has 0 aliphatic heterocycles. The van der Waals surface area contributed by atoms with E-state index >= 15 is 0 Å². The molecule has 0 amide bonds. The van der Waals surface area contributed by atoms with Gasteiger partial charge in [-0.05, 0) is 18.1 Å². The van der Waals surface area contributed by atoms with Crippen LogP contribution in [0.15, 0.2) is 18.2 Å². The molecule has 0 aromatic heterocycles. The highest BCUT2D eigenvalue weighted by Gasteiger charge is 2.06. The van der Waals surface area contributed by atoms with Crippen molar-refractivity contribution in [1.29, 1.82) is 0 Å². The predicted octanol–water partition coefficient (Wildman–Crippen LogP) is 2.97. The Balaban J connectivity index is 3.02. The minimum atomic E-state index is -0.297. The van der Waals surface area contributed by atoms with Crippen LogP contribution < -0.4 is 0 Å². The van der Waals surface area contributed by atoms with Crippen molar-refractivity contribution < 1.29 is 9.18 Å². The topological polar surface area (TPSA) is 17.1 Å². The Labute approximate surface area is 85.1 Å². The largest absolute Gasteiger partial charge is 0.293 e. The molecule has 1 aromatic rings. The molecule has 70 valence electrons. The van der Waals surface area contributed by atoms with Crippen LogP contribution in [0.2, 0.25) is 0 Å². The van der Waals surface area contributed by atoms with Gasteiger partial charge in [-0.3, -0.25) is 4.79 Å². The van der Waals surface area contributed by atoms with E-state index in [2.05, 4.69) is 15.9 Å². The highest BCUT2D eigenvalue weighted by Crippen LogP contribution is 2.12. The molecule has 0 unspecified atom stereocenters. The fraction of sp³-hybridized carbons (Fsp3) is 0.300. The molecule has 0 saturated heterocycles. The zero-order chi connectivity index (χ0) is 9.84. The van der Waals surface area contributed by atoms with Crippen molar-refractivity contribution in [2.45, 2.75) is 13.3 Å². The second-order valence-electron chi connectivity index (χ2n) is 2.72. The number of carbonyl (C=O) groups excluding carboxylic acids is 1. The lowest BCUT2D eigenvalue weighted by Crippen LogP contribution is -2.01. The number of Topliss-reactive ketones (excluding diaryl/α,β-unsaturated/α-hetero) is 1. The van der Waals surface area contributed by atoms with Gasteiger partial charge in [0.1, 0.15) is 5.82 Å². The van der Waals surface area contributed by atoms with Crippen molar-refractivity contribution in [2.75, 3.05) is 5.33 Å². The number of alkyl halides is 1. The van der Waals surface area contributed by atoms with Crippen molar-refractivity contribution in [2.24, 2.45) is 0 Å². The molecule has 0 radical (unpaired) electrons. The first kappa shape index (κ1) is 10.4. The molecule has 3 heteroatoms. The number of carbonyl (C=O) groups is 1. The van der Waals surface area contributed by atoms with Gasteiger partial charge in [-0.1, -0.05) is 35.0 Å². The fourth-order valence-electron chi connectivity index (χ4n) is 1.08. The molecule has 1 rings (SSSR count). The minimum Gasteiger partial charge on any atom is -0.293 e. The quantitative estimate of drug-likeness (QED) is 0.591. The lowest BCUT2D eigenvalue weighted by Gasteiger charge is -2.01. The number of halogens is 2. The number of ketones is 1. The molecule has 0 heterocycles. The lowest BCUT2D eigenvalue weighted by molar-refractivity contribution is 0.102. The van der Waals surface area contributed by atoms with Gasteiger partial charge in [-0.2, -0.15) is 0 Å². The van der Waals surface area contributed by atoms with Gasteiger partial charge in [0.2, 0.25) is 0 Å². The first-order valence-corrected chi connectivity index (χ1v) is 5.18. The van der Waals surface area contributed by atoms with Gasteiger partial charge in [-0.25, -0.2) is 4.39 Å². The van der Waals surface area contributed by atoms with Gasteiger partial charge in [0.25, 0.3) is 0 Å². The Hall–Kier alpha value is -0.700. The van der Waals surface area contributed by atoms with Gasteiger partial charge in [0, 0.05) is 5.56 Å². The van der Waals surface area contributed by atoms with Crippen molar-refractivity contribution in [3.05, 3.63) is 35.1 Å². The first-order chi connectivity index (χ1) is 6.19. The average Bonchev–Trinajstić information content (AvgIpc) is 2.16. The molecule has 0 saturated carbocycles. The van der Waals surface area contributed by atoms with E-state index < -0.39 is 0 Å². The maximum Gasteiger partial charge on any atom is 0.173 e. The van der Waals surface area contributed by atoms with Crippen molar-refractivity contribution in [3.8, 4) is 0 Å². The van der Waals surface area contributed by atoms with Gasteiger partial charge in [0.05, 0.1) is 5.33 Å². The molecule has 0 aliphatic rings. The monoisotopic (exact) mass is 244 g/mol. The second-order valence-corrected chi connectivity index (χ2v) is 3.28. The van der Waals surface area contributed by atoms with E-state index in [0.29, 0.717) is 17.5 Å². The summed E-state index contributed by atoms with van der Waals surface area (Å²) in [5.74, 6) is -0.393. The number of hydrogen-bond donors (Lipinski definition) is 0. The third-order valence-corrected chi connectivity index (χ3v) is 2.39. The lowest BCUT2D eigenvalue weighted by atomic mass is 10.1. The molecule has 13 heavy (non-hydrogen) atoms. The van der Waals surface area contributed by atoms with Crippen LogP contribution in [0, 0.1) is 5.82 Å². The van der Waals surface area contributed by atoms with E-state index in [1.54, 1.807) is 12.1 Å². The highest BCUT2D eigenvalue weighted by atomic mass is 79.9. The Bertz CT molecular complexity index is 323. The summed E-state index contributed by atoms with van der Waals surface area (Å²) >= 11 is 3.04. The smallest absolute Gasteiger partial charge is 0.173 e. The van der Waals surface area contributed by atoms with E-state index in [-0.39, 0.29) is 16.9 Å². The Kier molecular flexibility index (Phi) is 3.60. The van der Waals surface area contributed by atoms with Crippen LogP contribution in [0.25, 0.3) is 0 Å². The summed E-state index contributed by atoms with van der Waals surface area (Å²) < 4.78 is 13.2. The number of rotatable bonds is 3. The Morgan fingerprint density at radius 1 is 1.54 bits per heavy atom. The zero-order valence-corrected chi connectivity index (χ0v) is 8.90. The molecule has 0 atom stereocenters. The average molecular weight is 245 g/mol. The van der Waals surface area contributed by atoms with Gasteiger partial charge >= 0.3 is 0 Å². The maximum atomic E-state index is 13.2. The van der Waals surface area contributed by atoms with Crippen LogP contribution in [0.1, 0.15) is 22.8 Å². The summed E-state index contributed by atoms with van der Waals surface area (Å²) in [6.45, 7) is 1.88. The maximum absolute atomic E-state index is 13.2. The molecule has 1 nitrogen and oxygen atoms in total. The van der Waals surface area contributed by atoms with Crippen molar-refractivity contribution in [3.63, 3.8) is 0 Å². The van der Waals surface area contributed by atoms with E-state index in [0.717, 1.165) is 0 Å². The second kappa shape index (κ2) is 4.51. The normalized spacial score (nSPS) is 10.1. The molecular formula is C10H10BrFO. The third-order valence-electron chi connectivity index (χ3n) is 1.88. The van der Waals surface area contributed by atoms with Crippen molar-refractivity contribution in [1.82, 2.24) is 0 Å². The summed E-state index contributed by atoms with van der Waals surface area (Å²) in [6.07, 6.45) is 0.647. The number of hydrogen-bond acceptors (Lipinski definition) is 1. The van der Waals surface area contributed by atoms with Crippen LogP contribution in [-0.4, -0.2) is 11.1 Å². The van der Waals surface area contributed by atoms with Crippen LogP contribution >= 0.6 is 15.9 Å². The van der Waals surface area contributed by atoms with Gasteiger partial charge in [-0.15, -0.1) is 0 Å². The van der Waals surface area contributed by atoms with Crippen LogP contribution in [0.3, 0.4) is 0 Å². The molecule has 0 fully saturated rings. The number of aryl methyl sites for hydroxylation is 1. The summed E-state index contributed by atoms with van der Waals surface area (Å²) in [4.78, 5) is 11.2. The van der Waals surface area contributed by atoms with Crippen molar-refractivity contribution >= 4 is 21.7 Å². The summed E-state index contributed by atoms with van der Waals surface area (Å²) in [6, 6.07) is 4.61.